The third-order valence-corrected chi connectivity index (χ3v) is 5.23. The van der Waals surface area contributed by atoms with Crippen molar-refractivity contribution in [2.45, 2.75) is 19.9 Å². The van der Waals surface area contributed by atoms with E-state index >= 15 is 0 Å². The van der Waals surface area contributed by atoms with Crippen molar-refractivity contribution in [3.8, 4) is 0 Å². The fourth-order valence-electron chi connectivity index (χ4n) is 3.86. The molecular weight excluding hydrogens is 338 g/mol. The van der Waals surface area contributed by atoms with Gasteiger partial charge in [0.05, 0.1) is 11.4 Å². The molecule has 0 saturated carbocycles. The van der Waals surface area contributed by atoms with E-state index in [-0.39, 0.29) is 0 Å². The van der Waals surface area contributed by atoms with Crippen molar-refractivity contribution in [3.05, 3.63) is 59.8 Å². The molecule has 4 heterocycles. The van der Waals surface area contributed by atoms with Crippen LogP contribution in [0.15, 0.2) is 57.7 Å². The molecule has 3 aliphatic heterocycles. The van der Waals surface area contributed by atoms with Crippen LogP contribution in [-0.4, -0.2) is 52.8 Å². The SMILES string of the molecule is Cc1nc2ccc(C3=CCN4C=C(N5CCN[C@H](C)C5)C=CC4=N3)cc2o1. The highest BCUT2D eigenvalue weighted by atomic mass is 16.3. The van der Waals surface area contributed by atoms with E-state index in [0.29, 0.717) is 11.9 Å². The Labute approximate surface area is 158 Å². The molecule has 6 heteroatoms. The largest absolute Gasteiger partial charge is 0.441 e. The fraction of sp³-hybridized carbons (Fsp3) is 0.333. The van der Waals surface area contributed by atoms with E-state index in [9.17, 15) is 0 Å². The van der Waals surface area contributed by atoms with Gasteiger partial charge in [-0.25, -0.2) is 9.98 Å². The molecule has 1 N–H and O–H groups in total. The maximum atomic E-state index is 5.66. The minimum Gasteiger partial charge on any atom is -0.441 e. The lowest BCUT2D eigenvalue weighted by Gasteiger charge is -2.37. The molecule has 1 aromatic heterocycles. The summed E-state index contributed by atoms with van der Waals surface area (Å²) < 4.78 is 5.66. The zero-order chi connectivity index (χ0) is 18.4. The summed E-state index contributed by atoms with van der Waals surface area (Å²) in [6.45, 7) is 8.02. The van der Waals surface area contributed by atoms with Crippen LogP contribution in [0.3, 0.4) is 0 Å². The van der Waals surface area contributed by atoms with E-state index in [0.717, 1.165) is 54.4 Å². The third-order valence-electron chi connectivity index (χ3n) is 5.23. The topological polar surface area (TPSA) is 56.9 Å². The molecule has 3 aliphatic rings. The van der Waals surface area contributed by atoms with Crippen molar-refractivity contribution in [3.63, 3.8) is 0 Å². The highest BCUT2D eigenvalue weighted by Gasteiger charge is 2.22. The van der Waals surface area contributed by atoms with Gasteiger partial charge in [0.15, 0.2) is 11.5 Å². The van der Waals surface area contributed by atoms with Gasteiger partial charge in [-0.15, -0.1) is 0 Å². The Balaban J connectivity index is 1.38. The molecule has 0 aliphatic carbocycles. The number of oxazole rings is 1. The number of amidine groups is 1. The first-order valence-electron chi connectivity index (χ1n) is 9.47. The molecule has 1 fully saturated rings. The molecule has 0 amide bonds. The van der Waals surface area contributed by atoms with E-state index in [1.54, 1.807) is 0 Å². The van der Waals surface area contributed by atoms with Gasteiger partial charge in [0, 0.05) is 50.9 Å². The molecule has 0 radical (unpaired) electrons. The van der Waals surface area contributed by atoms with E-state index in [4.69, 9.17) is 9.41 Å². The molecule has 0 spiro atoms. The number of aliphatic imine (C=N–C) groups is 1. The predicted molar refractivity (Wildman–Crippen MR) is 107 cm³/mol. The van der Waals surface area contributed by atoms with Crippen molar-refractivity contribution >= 4 is 22.6 Å². The summed E-state index contributed by atoms with van der Waals surface area (Å²) in [5.74, 6) is 1.67. The van der Waals surface area contributed by atoms with E-state index in [1.165, 1.54) is 5.70 Å². The Morgan fingerprint density at radius 3 is 3.07 bits per heavy atom. The van der Waals surface area contributed by atoms with Gasteiger partial charge >= 0.3 is 0 Å². The average Bonchev–Trinajstić information content (AvgIpc) is 3.06. The monoisotopic (exact) mass is 361 g/mol. The number of rotatable bonds is 2. The normalized spacial score (nSPS) is 22.4. The van der Waals surface area contributed by atoms with Crippen LogP contribution in [0.2, 0.25) is 0 Å². The predicted octanol–water partition coefficient (Wildman–Crippen LogP) is 2.90. The van der Waals surface area contributed by atoms with Gasteiger partial charge in [0.1, 0.15) is 11.4 Å². The molecule has 0 bridgehead atoms. The standard InChI is InChI=1S/C21H23N5O/c1-14-12-25(10-8-22-14)17-4-6-21-24-18(7-9-26(21)13-17)16-3-5-19-20(11-16)27-15(2)23-19/h3-7,11,13-14,22H,8-10,12H2,1-2H3/t14-/m1/s1. The number of fused-ring (bicyclic) bond motifs is 2. The van der Waals surface area contributed by atoms with Gasteiger partial charge in [-0.05, 0) is 37.3 Å². The Morgan fingerprint density at radius 1 is 1.26 bits per heavy atom. The maximum Gasteiger partial charge on any atom is 0.192 e. The van der Waals surface area contributed by atoms with Crippen molar-refractivity contribution in [2.24, 2.45) is 4.99 Å². The summed E-state index contributed by atoms with van der Waals surface area (Å²) in [7, 11) is 0. The summed E-state index contributed by atoms with van der Waals surface area (Å²) >= 11 is 0. The first-order valence-corrected chi connectivity index (χ1v) is 9.47. The number of benzene rings is 1. The van der Waals surface area contributed by atoms with Crippen molar-refractivity contribution in [1.82, 2.24) is 20.1 Å². The quantitative estimate of drug-likeness (QED) is 0.891. The van der Waals surface area contributed by atoms with Crippen LogP contribution in [0.1, 0.15) is 18.4 Å². The molecule has 1 atom stereocenters. The molecule has 0 unspecified atom stereocenters. The maximum absolute atomic E-state index is 5.66. The number of nitrogens with one attached hydrogen (secondary N) is 1. The van der Waals surface area contributed by atoms with Gasteiger partial charge < -0.3 is 19.5 Å². The zero-order valence-corrected chi connectivity index (χ0v) is 15.6. The summed E-state index contributed by atoms with van der Waals surface area (Å²) in [5.41, 5.74) is 5.00. The highest BCUT2D eigenvalue weighted by Crippen LogP contribution is 2.27. The number of piperazine rings is 1. The lowest BCUT2D eigenvalue weighted by atomic mass is 10.1. The van der Waals surface area contributed by atoms with Crippen LogP contribution in [0.25, 0.3) is 16.8 Å². The average molecular weight is 361 g/mol. The van der Waals surface area contributed by atoms with Gasteiger partial charge in [0.25, 0.3) is 0 Å². The minimum atomic E-state index is 0.519. The smallest absolute Gasteiger partial charge is 0.192 e. The van der Waals surface area contributed by atoms with Gasteiger partial charge in [0.2, 0.25) is 0 Å². The molecule has 1 aromatic carbocycles. The Hall–Kier alpha value is -2.86. The van der Waals surface area contributed by atoms with Crippen molar-refractivity contribution in [1.29, 1.82) is 0 Å². The van der Waals surface area contributed by atoms with Crippen LogP contribution in [0.5, 0.6) is 0 Å². The van der Waals surface area contributed by atoms with E-state index in [1.807, 2.05) is 19.1 Å². The molecule has 1 saturated heterocycles. The minimum absolute atomic E-state index is 0.519. The molecule has 27 heavy (non-hydrogen) atoms. The number of allylic oxidation sites excluding steroid dienone is 1. The molecular formula is C21H23N5O. The first kappa shape index (κ1) is 16.3. The van der Waals surface area contributed by atoms with Crippen molar-refractivity contribution in [2.75, 3.05) is 26.2 Å². The number of hydrogen-bond donors (Lipinski definition) is 1. The molecule has 5 rings (SSSR count). The second kappa shape index (κ2) is 6.39. The second-order valence-corrected chi connectivity index (χ2v) is 7.32. The summed E-state index contributed by atoms with van der Waals surface area (Å²) in [5, 5.41) is 3.49. The van der Waals surface area contributed by atoms with E-state index < -0.39 is 0 Å². The second-order valence-electron chi connectivity index (χ2n) is 7.32. The molecule has 6 nitrogen and oxygen atoms in total. The Morgan fingerprint density at radius 2 is 2.19 bits per heavy atom. The number of aryl methyl sites for hydroxylation is 1. The van der Waals surface area contributed by atoms with Crippen LogP contribution >= 0.6 is 0 Å². The van der Waals surface area contributed by atoms with Gasteiger partial charge in [-0.3, -0.25) is 0 Å². The molecule has 138 valence electrons. The zero-order valence-electron chi connectivity index (χ0n) is 15.6. The van der Waals surface area contributed by atoms with Crippen LogP contribution < -0.4 is 5.32 Å². The first-order chi connectivity index (χ1) is 13.2. The lowest BCUT2D eigenvalue weighted by Crippen LogP contribution is -2.49. The third kappa shape index (κ3) is 3.06. The summed E-state index contributed by atoms with van der Waals surface area (Å²) in [6, 6.07) is 6.60. The molecule has 2 aromatic rings. The lowest BCUT2D eigenvalue weighted by molar-refractivity contribution is 0.258. The number of nitrogens with zero attached hydrogens (tertiary/aromatic N) is 4. The number of hydrogen-bond acceptors (Lipinski definition) is 6. The summed E-state index contributed by atoms with van der Waals surface area (Å²) in [4.78, 5) is 13.9. The Bertz CT molecular complexity index is 1010. The highest BCUT2D eigenvalue weighted by molar-refractivity contribution is 6.00. The summed E-state index contributed by atoms with van der Waals surface area (Å²) in [6.07, 6.45) is 8.68. The Kier molecular flexibility index (Phi) is 3.86. The van der Waals surface area contributed by atoms with Crippen molar-refractivity contribution < 1.29 is 4.42 Å². The van der Waals surface area contributed by atoms with Gasteiger partial charge in [-0.2, -0.15) is 0 Å². The number of aromatic nitrogens is 1. The fourth-order valence-corrected chi connectivity index (χ4v) is 3.86. The van der Waals surface area contributed by atoms with Crippen LogP contribution in [0, 0.1) is 6.92 Å². The van der Waals surface area contributed by atoms with Crippen LogP contribution in [0.4, 0.5) is 0 Å². The van der Waals surface area contributed by atoms with E-state index in [2.05, 4.69) is 57.5 Å². The van der Waals surface area contributed by atoms with Gasteiger partial charge in [-0.1, -0.05) is 6.07 Å². The van der Waals surface area contributed by atoms with Crippen LogP contribution in [-0.2, 0) is 0 Å².